The van der Waals surface area contributed by atoms with E-state index in [0.29, 0.717) is 13.1 Å². The summed E-state index contributed by atoms with van der Waals surface area (Å²) in [5.74, 6) is 1.66. The van der Waals surface area contributed by atoms with Crippen LogP contribution >= 0.6 is 35.3 Å². The quantitative estimate of drug-likeness (QED) is 0.303. The van der Waals surface area contributed by atoms with Gasteiger partial charge in [0.25, 0.3) is 0 Å². The van der Waals surface area contributed by atoms with E-state index in [9.17, 15) is 0 Å². The van der Waals surface area contributed by atoms with Crippen molar-refractivity contribution in [3.05, 3.63) is 51.7 Å². The molecule has 0 bridgehead atoms. The molecular weight excluding hydrogens is 471 g/mol. The van der Waals surface area contributed by atoms with Crippen molar-refractivity contribution >= 4 is 52.2 Å². The molecule has 0 aliphatic rings. The Kier molecular flexibility index (Phi) is 7.27. The van der Waals surface area contributed by atoms with Gasteiger partial charge in [-0.1, -0.05) is 39.0 Å². The summed E-state index contributed by atoms with van der Waals surface area (Å²) in [6.07, 6.45) is 0. The smallest absolute Gasteiger partial charge is 0.191 e. The highest BCUT2D eigenvalue weighted by molar-refractivity contribution is 14.0. The highest BCUT2D eigenvalue weighted by Crippen LogP contribution is 2.25. The van der Waals surface area contributed by atoms with Gasteiger partial charge in [-0.05, 0) is 13.0 Å². The zero-order valence-corrected chi connectivity index (χ0v) is 19.6. The van der Waals surface area contributed by atoms with Crippen LogP contribution in [0.15, 0.2) is 39.1 Å². The van der Waals surface area contributed by atoms with E-state index in [1.165, 1.54) is 5.56 Å². The number of hydrogen-bond acceptors (Lipinski definition) is 4. The normalized spacial score (nSPS) is 12.1. The van der Waals surface area contributed by atoms with Crippen LogP contribution in [0.2, 0.25) is 0 Å². The molecule has 0 amide bonds. The van der Waals surface area contributed by atoms with Crippen LogP contribution in [0.3, 0.4) is 0 Å². The molecule has 0 atom stereocenters. The molecule has 2 N–H and O–H groups in total. The SMILES string of the molecule is CN=C(NCc1nc(C(C)(C)C)cs1)NCc1oc2ccccc2c1C.I. The highest BCUT2D eigenvalue weighted by Gasteiger charge is 2.17. The molecule has 0 aliphatic carbocycles. The number of para-hydroxylation sites is 1. The number of nitrogens with one attached hydrogen (secondary N) is 2. The summed E-state index contributed by atoms with van der Waals surface area (Å²) < 4.78 is 5.94. The predicted molar refractivity (Wildman–Crippen MR) is 124 cm³/mol. The average molecular weight is 498 g/mol. The van der Waals surface area contributed by atoms with Gasteiger partial charge in [0.15, 0.2) is 5.96 Å². The first-order chi connectivity index (χ1) is 12.4. The maximum Gasteiger partial charge on any atom is 0.191 e. The summed E-state index contributed by atoms with van der Waals surface area (Å²) in [4.78, 5) is 8.99. The number of aromatic nitrogens is 1. The molecule has 3 aromatic rings. The molecule has 2 heterocycles. The number of fused-ring (bicyclic) bond motifs is 1. The fourth-order valence-electron chi connectivity index (χ4n) is 2.67. The number of nitrogens with zero attached hydrogens (tertiary/aromatic N) is 2. The summed E-state index contributed by atoms with van der Waals surface area (Å²) in [6, 6.07) is 8.10. The van der Waals surface area contributed by atoms with Crippen LogP contribution in [0, 0.1) is 6.92 Å². The number of aryl methyl sites for hydroxylation is 1. The molecule has 27 heavy (non-hydrogen) atoms. The Hall–Kier alpha value is -1.61. The molecule has 0 saturated carbocycles. The van der Waals surface area contributed by atoms with Crippen molar-refractivity contribution in [2.75, 3.05) is 7.05 Å². The third-order valence-electron chi connectivity index (χ3n) is 4.31. The largest absolute Gasteiger partial charge is 0.459 e. The molecule has 7 heteroatoms. The van der Waals surface area contributed by atoms with E-state index >= 15 is 0 Å². The molecule has 0 aliphatic heterocycles. The van der Waals surface area contributed by atoms with E-state index in [4.69, 9.17) is 9.40 Å². The van der Waals surface area contributed by atoms with Crippen LogP contribution in [0.25, 0.3) is 11.0 Å². The number of rotatable bonds is 4. The lowest BCUT2D eigenvalue weighted by molar-refractivity contribution is 0.534. The summed E-state index contributed by atoms with van der Waals surface area (Å²) in [7, 11) is 1.77. The number of halogens is 1. The Balaban J connectivity index is 0.00000261. The molecule has 0 spiro atoms. The van der Waals surface area contributed by atoms with E-state index in [1.807, 2.05) is 18.2 Å². The van der Waals surface area contributed by atoms with Crippen LogP contribution < -0.4 is 10.6 Å². The monoisotopic (exact) mass is 498 g/mol. The molecule has 5 nitrogen and oxygen atoms in total. The minimum absolute atomic E-state index is 0. The van der Waals surface area contributed by atoms with Crippen molar-refractivity contribution in [2.45, 2.75) is 46.2 Å². The number of thiazole rings is 1. The van der Waals surface area contributed by atoms with E-state index in [2.05, 4.69) is 54.8 Å². The van der Waals surface area contributed by atoms with E-state index in [1.54, 1.807) is 18.4 Å². The molecule has 2 aromatic heterocycles. The van der Waals surface area contributed by atoms with Crippen LogP contribution in [-0.2, 0) is 18.5 Å². The van der Waals surface area contributed by atoms with Crippen molar-refractivity contribution < 1.29 is 4.42 Å². The summed E-state index contributed by atoms with van der Waals surface area (Å²) >= 11 is 1.67. The number of furan rings is 1. The van der Waals surface area contributed by atoms with Crippen molar-refractivity contribution in [3.63, 3.8) is 0 Å². The van der Waals surface area contributed by atoms with E-state index in [0.717, 1.165) is 33.4 Å². The van der Waals surface area contributed by atoms with Gasteiger partial charge >= 0.3 is 0 Å². The fraction of sp³-hybridized carbons (Fsp3) is 0.400. The summed E-state index contributed by atoms with van der Waals surface area (Å²) in [5.41, 5.74) is 3.29. The minimum Gasteiger partial charge on any atom is -0.459 e. The number of aliphatic imine (C=N–C) groups is 1. The van der Waals surface area contributed by atoms with Crippen LogP contribution in [-0.4, -0.2) is 18.0 Å². The van der Waals surface area contributed by atoms with Crippen LogP contribution in [0.5, 0.6) is 0 Å². The zero-order chi connectivity index (χ0) is 18.7. The average Bonchev–Trinajstić information content (AvgIpc) is 3.21. The number of hydrogen-bond donors (Lipinski definition) is 2. The van der Waals surface area contributed by atoms with Gasteiger partial charge in [0.1, 0.15) is 16.4 Å². The van der Waals surface area contributed by atoms with Crippen molar-refractivity contribution in [3.8, 4) is 0 Å². The Morgan fingerprint density at radius 2 is 1.89 bits per heavy atom. The first-order valence-electron chi connectivity index (χ1n) is 8.75. The molecule has 0 saturated heterocycles. The molecule has 1 aromatic carbocycles. The molecule has 0 fully saturated rings. The van der Waals surface area contributed by atoms with Crippen molar-refractivity contribution in [2.24, 2.45) is 4.99 Å². The minimum atomic E-state index is 0. The van der Waals surface area contributed by atoms with Gasteiger partial charge in [0.2, 0.25) is 0 Å². The van der Waals surface area contributed by atoms with Gasteiger partial charge in [-0.25, -0.2) is 4.98 Å². The van der Waals surface area contributed by atoms with Crippen molar-refractivity contribution in [1.29, 1.82) is 0 Å². The predicted octanol–water partition coefficient (Wildman–Crippen LogP) is 4.98. The van der Waals surface area contributed by atoms with Gasteiger partial charge in [0, 0.05) is 28.8 Å². The zero-order valence-electron chi connectivity index (χ0n) is 16.4. The Morgan fingerprint density at radius 1 is 1.19 bits per heavy atom. The number of guanidine groups is 1. The highest BCUT2D eigenvalue weighted by atomic mass is 127. The first kappa shape index (κ1) is 21.7. The second-order valence-corrected chi connectivity index (χ2v) is 8.24. The van der Waals surface area contributed by atoms with Gasteiger partial charge in [-0.2, -0.15) is 0 Å². The first-order valence-corrected chi connectivity index (χ1v) is 9.63. The van der Waals surface area contributed by atoms with Gasteiger partial charge < -0.3 is 15.1 Å². The van der Waals surface area contributed by atoms with Gasteiger partial charge in [-0.15, -0.1) is 35.3 Å². The second-order valence-electron chi connectivity index (χ2n) is 7.30. The maximum atomic E-state index is 5.94. The molecule has 146 valence electrons. The standard InChI is InChI=1S/C20H26N4OS.HI/c1-13-14-8-6-7-9-15(14)25-16(13)10-22-19(21-5)23-11-18-24-17(12-26-18)20(2,3)4;/h6-9,12H,10-11H2,1-5H3,(H2,21,22,23);1H. The third-order valence-corrected chi connectivity index (χ3v) is 5.16. The van der Waals surface area contributed by atoms with Crippen molar-refractivity contribution in [1.82, 2.24) is 15.6 Å². The lowest BCUT2D eigenvalue weighted by atomic mass is 9.93. The topological polar surface area (TPSA) is 62.5 Å². The third kappa shape index (κ3) is 5.22. The molecule has 0 unspecified atom stereocenters. The van der Waals surface area contributed by atoms with E-state index in [-0.39, 0.29) is 29.4 Å². The second kappa shape index (κ2) is 9.05. The van der Waals surface area contributed by atoms with Gasteiger partial charge in [-0.3, -0.25) is 4.99 Å². The lowest BCUT2D eigenvalue weighted by Gasteiger charge is -2.14. The van der Waals surface area contributed by atoms with Crippen LogP contribution in [0.4, 0.5) is 0 Å². The van der Waals surface area contributed by atoms with E-state index < -0.39 is 0 Å². The lowest BCUT2D eigenvalue weighted by Crippen LogP contribution is -2.36. The Morgan fingerprint density at radius 3 is 2.52 bits per heavy atom. The molecular formula is C20H27IN4OS. The molecule has 3 rings (SSSR count). The summed E-state index contributed by atoms with van der Waals surface area (Å²) in [5, 5.41) is 11.0. The van der Waals surface area contributed by atoms with Gasteiger partial charge in [0.05, 0.1) is 18.8 Å². The maximum absolute atomic E-state index is 5.94. The number of benzene rings is 1. The summed E-state index contributed by atoms with van der Waals surface area (Å²) in [6.45, 7) is 9.85. The Bertz CT molecular complexity index is 924. The van der Waals surface area contributed by atoms with Crippen LogP contribution in [0.1, 0.15) is 42.8 Å². The fourth-order valence-corrected chi connectivity index (χ4v) is 3.63. The molecule has 0 radical (unpaired) electrons. The Labute approximate surface area is 181 Å².